The van der Waals surface area contributed by atoms with Gasteiger partial charge in [-0.1, -0.05) is 70.2 Å². The normalized spacial score (nSPS) is 13.5. The molecule has 0 aliphatic heterocycles. The van der Waals surface area contributed by atoms with Crippen LogP contribution in [0.5, 0.6) is 0 Å². The Morgan fingerprint density at radius 3 is 2.59 bits per heavy atom. The van der Waals surface area contributed by atoms with E-state index in [1.165, 1.54) is 23.1 Å². The van der Waals surface area contributed by atoms with E-state index >= 15 is 0 Å². The number of benzene rings is 1. The highest BCUT2D eigenvalue weighted by molar-refractivity contribution is 5.74. The Hall–Kier alpha value is -1.30. The van der Waals surface area contributed by atoms with E-state index in [9.17, 15) is 0 Å². The summed E-state index contributed by atoms with van der Waals surface area (Å²) < 4.78 is 0. The van der Waals surface area contributed by atoms with Crippen LogP contribution in [0.4, 0.5) is 0 Å². The van der Waals surface area contributed by atoms with E-state index in [4.69, 9.17) is 0 Å². The Balaban J connectivity index is 3.05. The second kappa shape index (κ2) is 7.11. The highest BCUT2D eigenvalue weighted by Gasteiger charge is 2.08. The van der Waals surface area contributed by atoms with Gasteiger partial charge in [0.15, 0.2) is 0 Å². The molecule has 1 aromatic rings. The summed E-state index contributed by atoms with van der Waals surface area (Å²) in [6, 6.07) is 8.54. The van der Waals surface area contributed by atoms with Crippen LogP contribution in [-0.4, -0.2) is 0 Å². The third kappa shape index (κ3) is 3.89. The fourth-order valence-corrected chi connectivity index (χ4v) is 2.04. The van der Waals surface area contributed by atoms with Gasteiger partial charge >= 0.3 is 0 Å². The third-order valence-electron chi connectivity index (χ3n) is 3.24. The highest BCUT2D eigenvalue weighted by atomic mass is 14.1. The Labute approximate surface area is 106 Å². The molecule has 0 heterocycles. The van der Waals surface area contributed by atoms with Crippen molar-refractivity contribution in [3.8, 4) is 0 Å². The Bertz CT molecular complexity index is 385. The summed E-state index contributed by atoms with van der Waals surface area (Å²) in [5.41, 5.74) is 4.07. The number of hydrogen-bond donors (Lipinski definition) is 0. The molecule has 1 atom stereocenters. The van der Waals surface area contributed by atoms with Crippen molar-refractivity contribution in [3.05, 3.63) is 48.0 Å². The zero-order valence-corrected chi connectivity index (χ0v) is 11.4. The van der Waals surface area contributed by atoms with Gasteiger partial charge in [0.2, 0.25) is 0 Å². The van der Waals surface area contributed by atoms with Crippen LogP contribution in [0, 0.1) is 5.92 Å². The van der Waals surface area contributed by atoms with Crippen molar-refractivity contribution in [1.29, 1.82) is 0 Å². The minimum Gasteiger partial charge on any atom is -0.0984 e. The van der Waals surface area contributed by atoms with E-state index in [2.05, 4.69) is 57.7 Å². The molecule has 0 radical (unpaired) electrons. The van der Waals surface area contributed by atoms with Crippen LogP contribution in [0.1, 0.15) is 51.2 Å². The van der Waals surface area contributed by atoms with E-state index in [1.807, 2.05) is 6.08 Å². The lowest BCUT2D eigenvalue weighted by molar-refractivity contribution is 0.579. The van der Waals surface area contributed by atoms with Crippen LogP contribution in [0.15, 0.2) is 36.9 Å². The third-order valence-corrected chi connectivity index (χ3v) is 3.24. The zero-order valence-electron chi connectivity index (χ0n) is 11.4. The Kier molecular flexibility index (Phi) is 5.76. The SMILES string of the molecule is C=Cc1ccccc1/C(=C\CC)C[C@@H](C)CC. The second-order valence-electron chi connectivity index (χ2n) is 4.65. The smallest absolute Gasteiger partial charge is 0.0155 e. The molecular weight excluding hydrogens is 204 g/mol. The minimum atomic E-state index is 0.741. The van der Waals surface area contributed by atoms with Gasteiger partial charge in [0.25, 0.3) is 0 Å². The average Bonchev–Trinajstić information content (AvgIpc) is 2.38. The molecular formula is C17H24. The van der Waals surface area contributed by atoms with Gasteiger partial charge in [-0.2, -0.15) is 0 Å². The monoisotopic (exact) mass is 228 g/mol. The van der Waals surface area contributed by atoms with Crippen LogP contribution in [0.2, 0.25) is 0 Å². The first kappa shape index (κ1) is 13.8. The summed E-state index contributed by atoms with van der Waals surface area (Å²) in [5.74, 6) is 0.741. The van der Waals surface area contributed by atoms with Crippen molar-refractivity contribution in [2.75, 3.05) is 0 Å². The molecule has 0 amide bonds. The van der Waals surface area contributed by atoms with Gasteiger partial charge in [-0.15, -0.1) is 0 Å². The summed E-state index contributed by atoms with van der Waals surface area (Å²) >= 11 is 0. The van der Waals surface area contributed by atoms with Crippen LogP contribution < -0.4 is 0 Å². The van der Waals surface area contributed by atoms with Gasteiger partial charge in [0.1, 0.15) is 0 Å². The summed E-state index contributed by atoms with van der Waals surface area (Å²) in [5, 5.41) is 0. The first-order chi connectivity index (χ1) is 8.22. The number of rotatable bonds is 6. The lowest BCUT2D eigenvalue weighted by Crippen LogP contribution is -1.97. The average molecular weight is 228 g/mol. The first-order valence-corrected chi connectivity index (χ1v) is 6.63. The predicted octanol–water partition coefficient (Wildman–Crippen LogP) is 5.56. The molecule has 0 bridgehead atoms. The molecule has 0 fully saturated rings. The highest BCUT2D eigenvalue weighted by Crippen LogP contribution is 2.27. The topological polar surface area (TPSA) is 0 Å². The van der Waals surface area contributed by atoms with Crippen molar-refractivity contribution in [1.82, 2.24) is 0 Å². The van der Waals surface area contributed by atoms with E-state index in [1.54, 1.807) is 0 Å². The zero-order chi connectivity index (χ0) is 12.7. The fourth-order valence-electron chi connectivity index (χ4n) is 2.04. The molecule has 0 N–H and O–H groups in total. The van der Waals surface area contributed by atoms with E-state index < -0.39 is 0 Å². The number of allylic oxidation sites excluding steroid dienone is 2. The first-order valence-electron chi connectivity index (χ1n) is 6.63. The standard InChI is InChI=1S/C17H24/c1-5-10-16(13-14(4)6-2)17-12-9-8-11-15(17)7-3/h7-12,14H,3,5-6,13H2,1-2,4H3/b16-10-/t14-/m0/s1. The van der Waals surface area contributed by atoms with Crippen molar-refractivity contribution >= 4 is 11.6 Å². The maximum absolute atomic E-state index is 3.91. The lowest BCUT2D eigenvalue weighted by Gasteiger charge is -2.15. The van der Waals surface area contributed by atoms with Gasteiger partial charge < -0.3 is 0 Å². The molecule has 1 rings (SSSR count). The molecule has 0 heteroatoms. The van der Waals surface area contributed by atoms with Gasteiger partial charge in [0.05, 0.1) is 0 Å². The van der Waals surface area contributed by atoms with Crippen LogP contribution in [0.3, 0.4) is 0 Å². The van der Waals surface area contributed by atoms with Crippen LogP contribution in [0.25, 0.3) is 11.6 Å². The molecule has 0 aliphatic rings. The quantitative estimate of drug-likeness (QED) is 0.598. The molecule has 92 valence electrons. The minimum absolute atomic E-state index is 0.741. The predicted molar refractivity (Wildman–Crippen MR) is 78.9 cm³/mol. The van der Waals surface area contributed by atoms with Gasteiger partial charge in [0, 0.05) is 0 Å². The van der Waals surface area contributed by atoms with Crippen molar-refractivity contribution < 1.29 is 0 Å². The molecule has 0 spiro atoms. The largest absolute Gasteiger partial charge is 0.0984 e. The summed E-state index contributed by atoms with van der Waals surface area (Å²) in [7, 11) is 0. The molecule has 0 nitrogen and oxygen atoms in total. The lowest BCUT2D eigenvalue weighted by atomic mass is 9.90. The van der Waals surface area contributed by atoms with Gasteiger partial charge in [-0.3, -0.25) is 0 Å². The second-order valence-corrected chi connectivity index (χ2v) is 4.65. The summed E-state index contributed by atoms with van der Waals surface area (Å²) in [6.45, 7) is 10.7. The molecule has 1 aromatic carbocycles. The van der Waals surface area contributed by atoms with E-state index in [0.29, 0.717) is 0 Å². The van der Waals surface area contributed by atoms with Crippen molar-refractivity contribution in [2.45, 2.75) is 40.0 Å². The number of hydrogen-bond acceptors (Lipinski definition) is 0. The maximum Gasteiger partial charge on any atom is -0.0155 e. The van der Waals surface area contributed by atoms with Crippen molar-refractivity contribution in [2.24, 2.45) is 5.92 Å². The van der Waals surface area contributed by atoms with Crippen molar-refractivity contribution in [3.63, 3.8) is 0 Å². The summed E-state index contributed by atoms with van der Waals surface area (Å²) in [4.78, 5) is 0. The van der Waals surface area contributed by atoms with E-state index in [0.717, 1.165) is 18.8 Å². The van der Waals surface area contributed by atoms with E-state index in [-0.39, 0.29) is 0 Å². The molecule has 0 unspecified atom stereocenters. The molecule has 0 aromatic heterocycles. The van der Waals surface area contributed by atoms with Gasteiger partial charge in [-0.05, 0) is 35.5 Å². The Morgan fingerprint density at radius 2 is 2.00 bits per heavy atom. The molecule has 0 saturated carbocycles. The van der Waals surface area contributed by atoms with Crippen LogP contribution in [-0.2, 0) is 0 Å². The fraction of sp³-hybridized carbons (Fsp3) is 0.412. The molecule has 0 aliphatic carbocycles. The molecule has 17 heavy (non-hydrogen) atoms. The molecule has 0 saturated heterocycles. The van der Waals surface area contributed by atoms with Gasteiger partial charge in [-0.25, -0.2) is 0 Å². The Morgan fingerprint density at radius 1 is 1.29 bits per heavy atom. The maximum atomic E-state index is 3.91. The van der Waals surface area contributed by atoms with Crippen LogP contribution >= 0.6 is 0 Å². The summed E-state index contributed by atoms with van der Waals surface area (Å²) in [6.07, 6.45) is 7.80.